The Morgan fingerprint density at radius 3 is 1.30 bits per heavy atom. The molecule has 0 aliphatic carbocycles. The summed E-state index contributed by atoms with van der Waals surface area (Å²) in [4.78, 5) is 29.8. The predicted molar refractivity (Wildman–Crippen MR) is 124 cm³/mol. The van der Waals surface area contributed by atoms with Crippen LogP contribution >= 0.6 is 0 Å². The van der Waals surface area contributed by atoms with E-state index in [2.05, 4.69) is 9.97 Å². The second-order valence-corrected chi connectivity index (χ2v) is 7.11. The molecule has 6 rings (SSSR count). The molecule has 0 unspecified atom stereocenters. The lowest BCUT2D eigenvalue weighted by Crippen LogP contribution is -1.99. The van der Waals surface area contributed by atoms with Gasteiger partial charge in [-0.05, 0) is 45.8 Å². The summed E-state index contributed by atoms with van der Waals surface area (Å²) >= 11 is 0. The summed E-state index contributed by atoms with van der Waals surface area (Å²) in [5.74, 6) is 0. The monoisotopic (exact) mass is 390 g/mol. The molecule has 0 bridgehead atoms. The lowest BCUT2D eigenvalue weighted by Gasteiger charge is -2.01. The molecule has 0 radical (unpaired) electrons. The molecule has 2 aromatic heterocycles. The minimum absolute atomic E-state index is 0.0700. The Labute approximate surface area is 171 Å². The first-order valence-electron chi connectivity index (χ1n) is 9.71. The van der Waals surface area contributed by atoms with Gasteiger partial charge in [0.1, 0.15) is 0 Å². The second kappa shape index (κ2) is 7.33. The zero-order valence-corrected chi connectivity index (χ0v) is 16.1. The highest BCUT2D eigenvalue weighted by atomic mass is 16.1. The lowest BCUT2D eigenvalue weighted by atomic mass is 10.1. The van der Waals surface area contributed by atoms with Crippen LogP contribution in [0.1, 0.15) is 0 Å². The lowest BCUT2D eigenvalue weighted by molar-refractivity contribution is 1.42. The van der Waals surface area contributed by atoms with E-state index in [1.54, 1.807) is 24.3 Å². The fraction of sp³-hybridized carbons (Fsp3) is 0. The maximum atomic E-state index is 11.8. The highest BCUT2D eigenvalue weighted by molar-refractivity contribution is 6.05. The van der Waals surface area contributed by atoms with Crippen molar-refractivity contribution in [2.24, 2.45) is 0 Å². The minimum atomic E-state index is 0.0700. The summed E-state index contributed by atoms with van der Waals surface area (Å²) in [6, 6.07) is 26.6. The van der Waals surface area contributed by atoms with Gasteiger partial charge in [-0.2, -0.15) is 0 Å². The maximum absolute atomic E-state index is 11.8. The number of nitrogens with one attached hydrogen (secondary N) is 2. The van der Waals surface area contributed by atoms with Crippen molar-refractivity contribution >= 4 is 43.4 Å². The van der Waals surface area contributed by atoms with Gasteiger partial charge in [0.05, 0.1) is 21.8 Å². The number of hydrogen-bond acceptors (Lipinski definition) is 2. The molecule has 0 spiro atoms. The Balaban J connectivity index is 0.000000128. The average molecular weight is 390 g/mol. The number of fused-ring (bicyclic) bond motifs is 6. The first kappa shape index (κ1) is 17.9. The number of benzene rings is 4. The standard InChI is InChI=1S/2C13H9NO/c2*15-11-5-1-3-9-6-7-10-4-2-8-14-13(10)12(9)11/h2*1-8,14H. The van der Waals surface area contributed by atoms with Crippen LogP contribution < -0.4 is 10.9 Å². The van der Waals surface area contributed by atoms with Gasteiger partial charge >= 0.3 is 0 Å². The minimum Gasteiger partial charge on any atom is -0.361 e. The van der Waals surface area contributed by atoms with Gasteiger partial charge in [0.25, 0.3) is 0 Å². The Bertz CT molecular complexity index is 1520. The SMILES string of the molecule is O=c1cccc2ccc3ccc[nH]c3c12.O=c1cccc2ccc3ccc[nH]c3c12. The van der Waals surface area contributed by atoms with Gasteiger partial charge in [-0.25, -0.2) is 0 Å². The van der Waals surface area contributed by atoms with Crippen LogP contribution in [0, 0.1) is 0 Å². The summed E-state index contributed by atoms with van der Waals surface area (Å²) in [5, 5.41) is 5.64. The Morgan fingerprint density at radius 1 is 0.433 bits per heavy atom. The van der Waals surface area contributed by atoms with E-state index in [0.29, 0.717) is 0 Å². The summed E-state index contributed by atoms with van der Waals surface area (Å²) < 4.78 is 0. The Morgan fingerprint density at radius 2 is 0.833 bits per heavy atom. The van der Waals surface area contributed by atoms with Gasteiger partial charge in [-0.1, -0.05) is 60.7 Å². The summed E-state index contributed by atoms with van der Waals surface area (Å²) in [6.07, 6.45) is 3.68. The van der Waals surface area contributed by atoms with Crippen LogP contribution in [0.4, 0.5) is 0 Å². The fourth-order valence-corrected chi connectivity index (χ4v) is 3.88. The molecule has 2 N–H and O–H groups in total. The number of hydrogen-bond donors (Lipinski definition) is 2. The van der Waals surface area contributed by atoms with Gasteiger partial charge in [0, 0.05) is 12.4 Å². The number of H-pyrrole nitrogens is 2. The summed E-state index contributed by atoms with van der Waals surface area (Å²) in [5.41, 5.74) is 1.97. The summed E-state index contributed by atoms with van der Waals surface area (Å²) in [6.45, 7) is 0. The van der Waals surface area contributed by atoms with Gasteiger partial charge in [0.15, 0.2) is 10.9 Å². The highest BCUT2D eigenvalue weighted by Crippen LogP contribution is 2.21. The third kappa shape index (κ3) is 3.05. The summed E-state index contributed by atoms with van der Waals surface area (Å²) in [7, 11) is 0. The quantitative estimate of drug-likeness (QED) is 0.343. The molecule has 6 aromatic rings. The number of aromatic amines is 2. The zero-order valence-electron chi connectivity index (χ0n) is 16.1. The molecule has 0 saturated carbocycles. The normalized spacial score (nSPS) is 10.9. The fourth-order valence-electron chi connectivity index (χ4n) is 3.88. The van der Waals surface area contributed by atoms with E-state index < -0.39 is 0 Å². The van der Waals surface area contributed by atoms with Gasteiger partial charge in [-0.3, -0.25) is 9.59 Å². The van der Waals surface area contributed by atoms with Gasteiger partial charge < -0.3 is 9.97 Å². The molecular formula is C26H18N2O2. The van der Waals surface area contributed by atoms with Crippen LogP contribution in [-0.2, 0) is 0 Å². The van der Waals surface area contributed by atoms with E-state index in [9.17, 15) is 9.59 Å². The van der Waals surface area contributed by atoms with Gasteiger partial charge in [0.2, 0.25) is 0 Å². The first-order chi connectivity index (χ1) is 14.7. The molecule has 30 heavy (non-hydrogen) atoms. The first-order valence-corrected chi connectivity index (χ1v) is 9.71. The van der Waals surface area contributed by atoms with Crippen molar-refractivity contribution in [3.8, 4) is 0 Å². The molecule has 0 amide bonds. The smallest absolute Gasteiger partial charge is 0.188 e. The van der Waals surface area contributed by atoms with Crippen molar-refractivity contribution in [2.75, 3.05) is 0 Å². The second-order valence-electron chi connectivity index (χ2n) is 7.11. The molecule has 0 saturated heterocycles. The van der Waals surface area contributed by atoms with Crippen molar-refractivity contribution in [2.45, 2.75) is 0 Å². The third-order valence-electron chi connectivity index (χ3n) is 5.28. The number of rotatable bonds is 0. The number of pyridine rings is 2. The molecule has 0 aliphatic heterocycles. The highest BCUT2D eigenvalue weighted by Gasteiger charge is 2.03. The van der Waals surface area contributed by atoms with Crippen LogP contribution in [0.5, 0.6) is 0 Å². The molecule has 0 atom stereocenters. The van der Waals surface area contributed by atoms with E-state index in [-0.39, 0.29) is 10.9 Å². The van der Waals surface area contributed by atoms with Gasteiger partial charge in [-0.15, -0.1) is 0 Å². The van der Waals surface area contributed by atoms with Crippen molar-refractivity contribution in [1.29, 1.82) is 0 Å². The van der Waals surface area contributed by atoms with Crippen molar-refractivity contribution in [1.82, 2.24) is 9.97 Å². The van der Waals surface area contributed by atoms with E-state index in [4.69, 9.17) is 0 Å². The van der Waals surface area contributed by atoms with Crippen LogP contribution in [0.25, 0.3) is 43.4 Å². The molecule has 4 aromatic carbocycles. The van der Waals surface area contributed by atoms with Crippen molar-refractivity contribution in [3.63, 3.8) is 0 Å². The molecule has 4 heteroatoms. The number of aromatic nitrogens is 2. The zero-order chi connectivity index (χ0) is 20.5. The van der Waals surface area contributed by atoms with Crippen LogP contribution in [0.2, 0.25) is 0 Å². The Hall–Kier alpha value is -4.18. The van der Waals surface area contributed by atoms with E-state index in [1.807, 2.05) is 73.1 Å². The Kier molecular flexibility index (Phi) is 4.37. The third-order valence-corrected chi connectivity index (χ3v) is 5.28. The van der Waals surface area contributed by atoms with Crippen molar-refractivity contribution < 1.29 is 0 Å². The topological polar surface area (TPSA) is 65.7 Å². The molecular weight excluding hydrogens is 372 g/mol. The van der Waals surface area contributed by atoms with Crippen molar-refractivity contribution in [3.05, 3.63) is 118 Å². The van der Waals surface area contributed by atoms with Crippen LogP contribution in [0.3, 0.4) is 0 Å². The molecule has 4 nitrogen and oxygen atoms in total. The molecule has 144 valence electrons. The van der Waals surface area contributed by atoms with Crippen LogP contribution in [-0.4, -0.2) is 9.97 Å². The maximum Gasteiger partial charge on any atom is 0.188 e. The van der Waals surface area contributed by atoms with E-state index >= 15 is 0 Å². The predicted octanol–water partition coefficient (Wildman–Crippen LogP) is 5.36. The molecule has 0 fully saturated rings. The molecule has 0 aliphatic rings. The molecule has 2 heterocycles. The van der Waals surface area contributed by atoms with Crippen LogP contribution in [0.15, 0.2) is 107 Å². The average Bonchev–Trinajstić information content (AvgIpc) is 2.79. The largest absolute Gasteiger partial charge is 0.361 e. The van der Waals surface area contributed by atoms with E-state index in [1.165, 1.54) is 0 Å². The van der Waals surface area contributed by atoms with E-state index in [0.717, 1.165) is 43.4 Å².